The molecule has 2 aromatic rings. The summed E-state index contributed by atoms with van der Waals surface area (Å²) in [6, 6.07) is 17.4. The minimum Gasteiger partial charge on any atom is -0.387 e. The minimum atomic E-state index is -0.533. The number of hydrogen-bond donors (Lipinski definition) is 1. The molecule has 0 heterocycles. The van der Waals surface area contributed by atoms with Crippen LogP contribution in [0.25, 0.3) is 0 Å². The molecule has 0 aromatic heterocycles. The van der Waals surface area contributed by atoms with Gasteiger partial charge in [-0.05, 0) is 29.8 Å². The van der Waals surface area contributed by atoms with Crippen molar-refractivity contribution in [2.45, 2.75) is 12.5 Å². The third-order valence-electron chi connectivity index (χ3n) is 2.56. The van der Waals surface area contributed by atoms with Gasteiger partial charge < -0.3 is 5.11 Å². The summed E-state index contributed by atoms with van der Waals surface area (Å²) < 4.78 is 1.01. The number of hydrogen-bond acceptors (Lipinski definition) is 1. The Morgan fingerprint density at radius 3 is 2.33 bits per heavy atom. The smallest absolute Gasteiger partial charge is 0.0899 e. The lowest BCUT2D eigenvalue weighted by Crippen LogP contribution is -1.95. The normalized spacial score (nSPS) is 11.4. The molecule has 2 aromatic carbocycles. The highest BCUT2D eigenvalue weighted by molar-refractivity contribution is 9.10. The fraction of sp³-hybridized carbons (Fsp3) is 0.125. The summed E-state index contributed by atoms with van der Waals surface area (Å²) in [5, 5.41) is 9.97. The zero-order valence-electron chi connectivity index (χ0n) is 9.81. The molecule has 2 rings (SSSR count). The van der Waals surface area contributed by atoms with Crippen LogP contribution in [0.3, 0.4) is 0 Å². The van der Waals surface area contributed by atoms with Crippen molar-refractivity contribution in [2.75, 3.05) is 0 Å². The maximum absolute atomic E-state index is 9.97. The van der Waals surface area contributed by atoms with Gasteiger partial charge in [0.1, 0.15) is 0 Å². The van der Waals surface area contributed by atoms with Crippen LogP contribution in [0.1, 0.15) is 23.7 Å². The van der Waals surface area contributed by atoms with E-state index in [1.807, 2.05) is 54.6 Å². The Kier molecular flexibility index (Phi) is 4.58. The van der Waals surface area contributed by atoms with Crippen molar-refractivity contribution in [1.82, 2.24) is 0 Å². The predicted molar refractivity (Wildman–Crippen MR) is 77.0 cm³/mol. The average Bonchev–Trinajstić information content (AvgIpc) is 2.40. The lowest BCUT2D eigenvalue weighted by atomic mass is 10.1. The van der Waals surface area contributed by atoms with Gasteiger partial charge in [0.15, 0.2) is 0 Å². The first-order valence-corrected chi connectivity index (χ1v) is 6.52. The molecule has 2 heteroatoms. The van der Waals surface area contributed by atoms with Gasteiger partial charge in [0.2, 0.25) is 0 Å². The Hall–Kier alpha value is -1.56. The summed E-state index contributed by atoms with van der Waals surface area (Å²) in [6.45, 7) is 0. The summed E-state index contributed by atoms with van der Waals surface area (Å²) in [6.07, 6.45) is -0.0920. The van der Waals surface area contributed by atoms with Crippen LogP contribution in [0.15, 0.2) is 59.1 Å². The maximum Gasteiger partial charge on any atom is 0.0899 e. The SMILES string of the molecule is O[C@@H](CC#Cc1ccccc1)c1ccc(Br)cc1. The van der Waals surface area contributed by atoms with E-state index in [0.717, 1.165) is 15.6 Å². The van der Waals surface area contributed by atoms with E-state index in [2.05, 4.69) is 27.8 Å². The Morgan fingerprint density at radius 2 is 1.67 bits per heavy atom. The molecule has 90 valence electrons. The first kappa shape index (κ1) is 12.9. The van der Waals surface area contributed by atoms with Gasteiger partial charge in [-0.2, -0.15) is 0 Å². The zero-order chi connectivity index (χ0) is 12.8. The lowest BCUT2D eigenvalue weighted by molar-refractivity contribution is 0.184. The minimum absolute atomic E-state index is 0.441. The molecule has 0 aliphatic carbocycles. The van der Waals surface area contributed by atoms with Crippen molar-refractivity contribution in [3.8, 4) is 11.8 Å². The van der Waals surface area contributed by atoms with E-state index in [0.29, 0.717) is 6.42 Å². The molecule has 0 radical (unpaired) electrons. The Morgan fingerprint density at radius 1 is 1.00 bits per heavy atom. The molecule has 0 aliphatic heterocycles. The maximum atomic E-state index is 9.97. The van der Waals surface area contributed by atoms with Crippen LogP contribution in [0.2, 0.25) is 0 Å². The largest absolute Gasteiger partial charge is 0.387 e. The van der Waals surface area contributed by atoms with Crippen LogP contribution in [-0.2, 0) is 0 Å². The number of halogens is 1. The van der Waals surface area contributed by atoms with Crippen molar-refractivity contribution in [3.05, 3.63) is 70.2 Å². The van der Waals surface area contributed by atoms with E-state index in [-0.39, 0.29) is 0 Å². The molecule has 0 amide bonds. The van der Waals surface area contributed by atoms with Crippen LogP contribution in [0.4, 0.5) is 0 Å². The van der Waals surface area contributed by atoms with E-state index < -0.39 is 6.10 Å². The topological polar surface area (TPSA) is 20.2 Å². The first-order valence-electron chi connectivity index (χ1n) is 5.73. The molecule has 1 N–H and O–H groups in total. The molecule has 0 aliphatic rings. The Balaban J connectivity index is 1.98. The molecule has 0 spiro atoms. The molecular weight excluding hydrogens is 288 g/mol. The fourth-order valence-electron chi connectivity index (χ4n) is 1.57. The van der Waals surface area contributed by atoms with E-state index >= 15 is 0 Å². The van der Waals surface area contributed by atoms with E-state index in [1.54, 1.807) is 0 Å². The number of aliphatic hydroxyl groups is 1. The second kappa shape index (κ2) is 6.39. The third-order valence-corrected chi connectivity index (χ3v) is 3.09. The summed E-state index contributed by atoms with van der Waals surface area (Å²) in [4.78, 5) is 0. The van der Waals surface area contributed by atoms with Crippen molar-refractivity contribution in [3.63, 3.8) is 0 Å². The van der Waals surface area contributed by atoms with Gasteiger partial charge in [-0.3, -0.25) is 0 Å². The molecular formula is C16H13BrO. The summed E-state index contributed by atoms with van der Waals surface area (Å²) in [5.74, 6) is 6.04. The number of rotatable bonds is 2. The molecule has 0 bridgehead atoms. The second-order valence-corrected chi connectivity index (χ2v) is 4.85. The van der Waals surface area contributed by atoms with Gasteiger partial charge in [-0.25, -0.2) is 0 Å². The molecule has 18 heavy (non-hydrogen) atoms. The van der Waals surface area contributed by atoms with Crippen molar-refractivity contribution >= 4 is 15.9 Å². The van der Waals surface area contributed by atoms with Crippen LogP contribution in [0, 0.1) is 11.8 Å². The van der Waals surface area contributed by atoms with Gasteiger partial charge in [0.05, 0.1) is 6.10 Å². The van der Waals surface area contributed by atoms with Crippen LogP contribution in [0.5, 0.6) is 0 Å². The lowest BCUT2D eigenvalue weighted by Gasteiger charge is -2.06. The Labute approximate surface area is 116 Å². The zero-order valence-corrected chi connectivity index (χ0v) is 11.4. The second-order valence-electron chi connectivity index (χ2n) is 3.94. The van der Waals surface area contributed by atoms with Gasteiger partial charge in [-0.15, -0.1) is 0 Å². The molecule has 0 fully saturated rings. The van der Waals surface area contributed by atoms with Crippen molar-refractivity contribution in [1.29, 1.82) is 0 Å². The highest BCUT2D eigenvalue weighted by atomic mass is 79.9. The summed E-state index contributed by atoms with van der Waals surface area (Å²) in [7, 11) is 0. The van der Waals surface area contributed by atoms with Crippen LogP contribution < -0.4 is 0 Å². The van der Waals surface area contributed by atoms with E-state index in [1.165, 1.54) is 0 Å². The van der Waals surface area contributed by atoms with Gasteiger partial charge in [0, 0.05) is 16.5 Å². The molecule has 1 atom stereocenters. The molecule has 1 nitrogen and oxygen atoms in total. The van der Waals surface area contributed by atoms with Crippen LogP contribution in [-0.4, -0.2) is 5.11 Å². The molecule has 0 saturated carbocycles. The van der Waals surface area contributed by atoms with Gasteiger partial charge >= 0.3 is 0 Å². The molecule has 0 saturated heterocycles. The highest BCUT2D eigenvalue weighted by Crippen LogP contribution is 2.18. The van der Waals surface area contributed by atoms with Gasteiger partial charge in [0.25, 0.3) is 0 Å². The molecule has 0 unspecified atom stereocenters. The standard InChI is InChI=1S/C16H13BrO/c17-15-11-9-14(10-12-15)16(18)8-4-7-13-5-2-1-3-6-13/h1-3,5-6,9-12,16,18H,8H2/t16-/m0/s1. The monoisotopic (exact) mass is 300 g/mol. The quantitative estimate of drug-likeness (QED) is 0.833. The first-order chi connectivity index (χ1) is 8.75. The highest BCUT2D eigenvalue weighted by Gasteiger charge is 2.04. The Bertz CT molecular complexity index is 549. The predicted octanol–water partition coefficient (Wildman–Crippen LogP) is 3.92. The van der Waals surface area contributed by atoms with E-state index in [4.69, 9.17) is 0 Å². The average molecular weight is 301 g/mol. The number of aliphatic hydroxyl groups excluding tert-OH is 1. The summed E-state index contributed by atoms with van der Waals surface area (Å²) in [5.41, 5.74) is 1.86. The van der Waals surface area contributed by atoms with E-state index in [9.17, 15) is 5.11 Å². The third kappa shape index (κ3) is 3.73. The van der Waals surface area contributed by atoms with Crippen LogP contribution >= 0.6 is 15.9 Å². The summed E-state index contributed by atoms with van der Waals surface area (Å²) >= 11 is 3.37. The fourth-order valence-corrected chi connectivity index (χ4v) is 1.84. The van der Waals surface area contributed by atoms with Gasteiger partial charge in [-0.1, -0.05) is 58.1 Å². The number of benzene rings is 2. The van der Waals surface area contributed by atoms with Crippen molar-refractivity contribution in [2.24, 2.45) is 0 Å². The van der Waals surface area contributed by atoms with Crippen molar-refractivity contribution < 1.29 is 5.11 Å².